The Bertz CT molecular complexity index is 839. The molecule has 0 N–H and O–H groups in total. The Balaban J connectivity index is 1.37. The predicted molar refractivity (Wildman–Crippen MR) is 81.0 cm³/mol. The minimum Gasteiger partial charge on any atom is -0.461 e. The quantitative estimate of drug-likeness (QED) is 0.723. The Hall–Kier alpha value is -2.90. The largest absolute Gasteiger partial charge is 0.461 e. The maximum atomic E-state index is 12.3. The molecule has 3 aromatic heterocycles. The summed E-state index contributed by atoms with van der Waals surface area (Å²) in [6, 6.07) is 3.54. The Morgan fingerprint density at radius 2 is 2.12 bits per heavy atom. The van der Waals surface area contributed by atoms with E-state index in [0.717, 1.165) is 11.3 Å². The van der Waals surface area contributed by atoms with Crippen molar-refractivity contribution in [2.24, 2.45) is 0 Å². The topological polar surface area (TPSA) is 98.4 Å². The van der Waals surface area contributed by atoms with Crippen LogP contribution in [0.2, 0.25) is 0 Å². The van der Waals surface area contributed by atoms with Gasteiger partial charge in [-0.25, -0.2) is 0 Å². The van der Waals surface area contributed by atoms with E-state index in [4.69, 9.17) is 13.5 Å². The first-order valence-electron chi connectivity index (χ1n) is 7.69. The third-order valence-corrected chi connectivity index (χ3v) is 4.28. The average molecular weight is 328 g/mol. The lowest BCUT2D eigenvalue weighted by atomic mass is 9.98. The second-order valence-corrected chi connectivity index (χ2v) is 5.91. The van der Waals surface area contributed by atoms with E-state index >= 15 is 0 Å². The van der Waals surface area contributed by atoms with Crippen molar-refractivity contribution in [3.63, 3.8) is 0 Å². The number of nitrogens with zero attached hydrogens (tertiary/aromatic N) is 4. The number of carbonyl (C=O) groups excluding carboxylic acids is 1. The summed E-state index contributed by atoms with van der Waals surface area (Å²) in [5, 5.41) is 7.79. The number of likely N-dealkylation sites (tertiary alicyclic amines) is 1. The zero-order valence-corrected chi connectivity index (χ0v) is 13.4. The minimum absolute atomic E-state index is 0.0476. The van der Waals surface area contributed by atoms with Gasteiger partial charge in [0.2, 0.25) is 17.6 Å². The van der Waals surface area contributed by atoms with E-state index in [1.165, 1.54) is 0 Å². The molecule has 24 heavy (non-hydrogen) atoms. The number of rotatable bonds is 4. The molecule has 1 saturated heterocycles. The summed E-state index contributed by atoms with van der Waals surface area (Å²) < 4.78 is 15.6. The normalized spacial score (nSPS) is 14.8. The van der Waals surface area contributed by atoms with Crippen LogP contribution in [0.5, 0.6) is 0 Å². The zero-order valence-electron chi connectivity index (χ0n) is 13.4. The summed E-state index contributed by atoms with van der Waals surface area (Å²) in [7, 11) is 0. The summed E-state index contributed by atoms with van der Waals surface area (Å²) in [4.78, 5) is 18.4. The van der Waals surface area contributed by atoms with Crippen LogP contribution in [0, 0.1) is 13.8 Å². The lowest BCUT2D eigenvalue weighted by Crippen LogP contribution is -2.49. The average Bonchev–Trinajstić information content (AvgIpc) is 3.23. The first kappa shape index (κ1) is 14.7. The molecule has 124 valence electrons. The van der Waals surface area contributed by atoms with Crippen LogP contribution in [0.3, 0.4) is 0 Å². The van der Waals surface area contributed by atoms with Gasteiger partial charge in [-0.15, -0.1) is 0 Å². The van der Waals surface area contributed by atoms with Gasteiger partial charge in [-0.3, -0.25) is 4.79 Å². The summed E-state index contributed by atoms with van der Waals surface area (Å²) in [6.45, 7) is 4.80. The molecule has 8 nitrogen and oxygen atoms in total. The van der Waals surface area contributed by atoms with Gasteiger partial charge < -0.3 is 18.4 Å². The van der Waals surface area contributed by atoms with Crippen LogP contribution < -0.4 is 0 Å². The van der Waals surface area contributed by atoms with Crippen molar-refractivity contribution in [3.8, 4) is 11.6 Å². The standard InChI is InChI=1S/C16H16N4O4/c1-9-12(10(2)23-18-9)6-14(21)20-7-11(8-20)16-17-15(19-24-16)13-4-3-5-22-13/h3-5,11H,6-8H2,1-2H3. The summed E-state index contributed by atoms with van der Waals surface area (Å²) in [5.74, 6) is 2.33. The van der Waals surface area contributed by atoms with Gasteiger partial charge in [0, 0.05) is 18.7 Å². The molecule has 0 saturated carbocycles. The summed E-state index contributed by atoms with van der Waals surface area (Å²) >= 11 is 0. The molecule has 1 aliphatic heterocycles. The van der Waals surface area contributed by atoms with Crippen LogP contribution in [0.25, 0.3) is 11.6 Å². The molecular weight excluding hydrogens is 312 g/mol. The molecule has 1 aliphatic rings. The molecule has 1 amide bonds. The molecule has 4 rings (SSSR count). The third kappa shape index (κ3) is 2.49. The van der Waals surface area contributed by atoms with Crippen LogP contribution >= 0.6 is 0 Å². The molecule has 0 unspecified atom stereocenters. The van der Waals surface area contributed by atoms with Crippen molar-refractivity contribution in [3.05, 3.63) is 41.3 Å². The van der Waals surface area contributed by atoms with E-state index < -0.39 is 0 Å². The fraction of sp³-hybridized carbons (Fsp3) is 0.375. The fourth-order valence-electron chi connectivity index (χ4n) is 2.76. The fourth-order valence-corrected chi connectivity index (χ4v) is 2.76. The second kappa shape index (κ2) is 5.63. The van der Waals surface area contributed by atoms with Crippen LogP contribution in [0.1, 0.15) is 28.8 Å². The Morgan fingerprint density at radius 1 is 1.29 bits per heavy atom. The van der Waals surface area contributed by atoms with Gasteiger partial charge in [0.25, 0.3) is 0 Å². The maximum Gasteiger partial charge on any atom is 0.238 e. The van der Waals surface area contributed by atoms with E-state index in [1.807, 2.05) is 13.8 Å². The van der Waals surface area contributed by atoms with E-state index in [2.05, 4.69) is 15.3 Å². The number of furan rings is 1. The molecular formula is C16H16N4O4. The van der Waals surface area contributed by atoms with Gasteiger partial charge in [-0.1, -0.05) is 10.3 Å². The summed E-state index contributed by atoms with van der Waals surface area (Å²) in [5.41, 5.74) is 1.62. The second-order valence-electron chi connectivity index (χ2n) is 5.91. The number of carbonyl (C=O) groups is 1. The van der Waals surface area contributed by atoms with Crippen molar-refractivity contribution in [2.75, 3.05) is 13.1 Å². The molecule has 0 atom stereocenters. The predicted octanol–water partition coefficient (Wildman–Crippen LogP) is 2.10. The van der Waals surface area contributed by atoms with Gasteiger partial charge in [0.05, 0.1) is 24.3 Å². The van der Waals surface area contributed by atoms with E-state index in [-0.39, 0.29) is 11.8 Å². The smallest absolute Gasteiger partial charge is 0.238 e. The molecule has 0 aromatic carbocycles. The highest BCUT2D eigenvalue weighted by molar-refractivity contribution is 5.80. The van der Waals surface area contributed by atoms with Gasteiger partial charge in [-0.05, 0) is 26.0 Å². The van der Waals surface area contributed by atoms with Crippen LogP contribution in [-0.4, -0.2) is 39.2 Å². The number of hydrogen-bond acceptors (Lipinski definition) is 7. The van der Waals surface area contributed by atoms with Crippen molar-refractivity contribution < 1.29 is 18.3 Å². The highest BCUT2D eigenvalue weighted by atomic mass is 16.5. The lowest BCUT2D eigenvalue weighted by molar-refractivity contribution is -0.135. The van der Waals surface area contributed by atoms with Crippen LogP contribution in [-0.2, 0) is 11.2 Å². The SMILES string of the molecule is Cc1noc(C)c1CC(=O)N1CC(c2nc(-c3ccco3)no2)C1. The van der Waals surface area contributed by atoms with E-state index in [9.17, 15) is 4.79 Å². The number of hydrogen-bond donors (Lipinski definition) is 0. The Kier molecular flexibility index (Phi) is 3.44. The maximum absolute atomic E-state index is 12.3. The van der Waals surface area contributed by atoms with Gasteiger partial charge >= 0.3 is 0 Å². The highest BCUT2D eigenvalue weighted by Crippen LogP contribution is 2.28. The van der Waals surface area contributed by atoms with E-state index in [1.54, 1.807) is 23.3 Å². The molecule has 0 radical (unpaired) electrons. The molecule has 0 bridgehead atoms. The van der Waals surface area contributed by atoms with Crippen molar-refractivity contribution >= 4 is 5.91 Å². The third-order valence-electron chi connectivity index (χ3n) is 4.28. The minimum atomic E-state index is 0.0476. The van der Waals surface area contributed by atoms with Crippen LogP contribution in [0.4, 0.5) is 0 Å². The van der Waals surface area contributed by atoms with Gasteiger partial charge in [0.15, 0.2) is 5.76 Å². The lowest BCUT2D eigenvalue weighted by Gasteiger charge is -2.37. The highest BCUT2D eigenvalue weighted by Gasteiger charge is 2.36. The molecule has 0 spiro atoms. The monoisotopic (exact) mass is 328 g/mol. The molecule has 3 aromatic rings. The molecule has 8 heteroatoms. The van der Waals surface area contributed by atoms with Crippen molar-refractivity contribution in [1.82, 2.24) is 20.2 Å². The van der Waals surface area contributed by atoms with Gasteiger partial charge in [0.1, 0.15) is 5.76 Å². The Labute approximate surface area is 137 Å². The number of aromatic nitrogens is 3. The van der Waals surface area contributed by atoms with Crippen molar-refractivity contribution in [1.29, 1.82) is 0 Å². The van der Waals surface area contributed by atoms with Crippen LogP contribution in [0.15, 0.2) is 31.9 Å². The number of amides is 1. The summed E-state index contributed by atoms with van der Waals surface area (Å²) in [6.07, 6.45) is 1.86. The Morgan fingerprint density at radius 3 is 2.79 bits per heavy atom. The first-order chi connectivity index (χ1) is 11.6. The number of aryl methyl sites for hydroxylation is 2. The van der Waals surface area contributed by atoms with Crippen molar-refractivity contribution in [2.45, 2.75) is 26.2 Å². The van der Waals surface area contributed by atoms with Gasteiger partial charge in [-0.2, -0.15) is 4.98 Å². The first-order valence-corrected chi connectivity index (χ1v) is 7.69. The van der Waals surface area contributed by atoms with E-state index in [0.29, 0.717) is 42.7 Å². The zero-order chi connectivity index (χ0) is 16.7. The molecule has 4 heterocycles. The molecule has 0 aliphatic carbocycles. The molecule has 1 fully saturated rings.